The summed E-state index contributed by atoms with van der Waals surface area (Å²) in [6.07, 6.45) is 11.2. The van der Waals surface area contributed by atoms with Crippen LogP contribution >= 0.6 is 0 Å². The Morgan fingerprint density at radius 2 is 1.54 bits per heavy atom. The predicted molar refractivity (Wildman–Crippen MR) is 100 cm³/mol. The molecular formula is C20H28O3S. The number of aryl methyl sites for hydroxylation is 1. The highest BCUT2D eigenvalue weighted by Gasteiger charge is 2.13. The van der Waals surface area contributed by atoms with Crippen LogP contribution in [0.3, 0.4) is 0 Å². The quantitative estimate of drug-likeness (QED) is 0.438. The molecule has 2 rings (SSSR count). The van der Waals surface area contributed by atoms with E-state index >= 15 is 0 Å². The van der Waals surface area contributed by atoms with E-state index in [1.54, 1.807) is 6.07 Å². The molecule has 0 radical (unpaired) electrons. The van der Waals surface area contributed by atoms with Gasteiger partial charge < -0.3 is 0 Å². The van der Waals surface area contributed by atoms with E-state index in [1.807, 2.05) is 18.2 Å². The number of hydrogen-bond donors (Lipinski definition) is 1. The molecule has 24 heavy (non-hydrogen) atoms. The number of hydrogen-bond acceptors (Lipinski definition) is 2. The molecule has 0 amide bonds. The normalized spacial score (nSPS) is 11.9. The summed E-state index contributed by atoms with van der Waals surface area (Å²) in [5.41, 5.74) is 1.13. The molecule has 1 N–H and O–H groups in total. The Balaban J connectivity index is 1.91. The minimum Gasteiger partial charge on any atom is -0.282 e. The fraction of sp³-hybridized carbons (Fsp3) is 0.500. The van der Waals surface area contributed by atoms with Gasteiger partial charge in [-0.3, -0.25) is 4.55 Å². The average molecular weight is 349 g/mol. The van der Waals surface area contributed by atoms with Gasteiger partial charge in [0.2, 0.25) is 0 Å². The molecule has 2 aromatic carbocycles. The molecule has 0 atom stereocenters. The second-order valence-electron chi connectivity index (χ2n) is 6.51. The van der Waals surface area contributed by atoms with Crippen LogP contribution in [0.25, 0.3) is 10.8 Å². The second kappa shape index (κ2) is 9.19. The topological polar surface area (TPSA) is 54.4 Å². The van der Waals surface area contributed by atoms with Gasteiger partial charge in [-0.15, -0.1) is 0 Å². The van der Waals surface area contributed by atoms with Crippen molar-refractivity contribution in [1.82, 2.24) is 0 Å². The smallest absolute Gasteiger partial charge is 0.282 e. The maximum absolute atomic E-state index is 11.5. The van der Waals surface area contributed by atoms with Gasteiger partial charge in [-0.2, -0.15) is 8.42 Å². The molecule has 0 saturated carbocycles. The van der Waals surface area contributed by atoms with Crippen molar-refractivity contribution in [3.8, 4) is 0 Å². The molecular weight excluding hydrogens is 320 g/mol. The van der Waals surface area contributed by atoms with Crippen LogP contribution in [0.15, 0.2) is 41.3 Å². The zero-order valence-corrected chi connectivity index (χ0v) is 15.3. The minimum absolute atomic E-state index is 0.00206. The Morgan fingerprint density at radius 3 is 2.21 bits per heavy atom. The third-order valence-corrected chi connectivity index (χ3v) is 5.42. The first-order valence-electron chi connectivity index (χ1n) is 9.01. The Hall–Kier alpha value is -1.39. The lowest BCUT2D eigenvalue weighted by atomic mass is 10.0. The zero-order valence-electron chi connectivity index (χ0n) is 14.5. The molecule has 0 aromatic heterocycles. The van der Waals surface area contributed by atoms with E-state index in [0.29, 0.717) is 5.39 Å². The number of benzene rings is 2. The van der Waals surface area contributed by atoms with Crippen LogP contribution in [-0.2, 0) is 16.5 Å². The van der Waals surface area contributed by atoms with Crippen molar-refractivity contribution in [2.75, 3.05) is 0 Å². The van der Waals surface area contributed by atoms with Gasteiger partial charge in [0, 0.05) is 5.39 Å². The summed E-state index contributed by atoms with van der Waals surface area (Å²) >= 11 is 0. The van der Waals surface area contributed by atoms with Crippen LogP contribution in [-0.4, -0.2) is 13.0 Å². The lowest BCUT2D eigenvalue weighted by Crippen LogP contribution is -1.99. The van der Waals surface area contributed by atoms with E-state index in [1.165, 1.54) is 51.0 Å². The van der Waals surface area contributed by atoms with E-state index in [-0.39, 0.29) is 4.90 Å². The largest absolute Gasteiger partial charge is 0.295 e. The Morgan fingerprint density at radius 1 is 0.875 bits per heavy atom. The van der Waals surface area contributed by atoms with Crippen molar-refractivity contribution in [3.05, 3.63) is 42.0 Å². The Labute approximate surface area is 145 Å². The molecule has 4 heteroatoms. The van der Waals surface area contributed by atoms with E-state index < -0.39 is 10.1 Å². The maximum atomic E-state index is 11.5. The van der Waals surface area contributed by atoms with Gasteiger partial charge in [0.25, 0.3) is 10.1 Å². The van der Waals surface area contributed by atoms with E-state index in [2.05, 4.69) is 13.0 Å². The molecule has 0 bridgehead atoms. The molecule has 0 unspecified atom stereocenters. The van der Waals surface area contributed by atoms with Crippen LogP contribution in [0.4, 0.5) is 0 Å². The highest BCUT2D eigenvalue weighted by atomic mass is 32.2. The van der Waals surface area contributed by atoms with Crippen LogP contribution in [0.5, 0.6) is 0 Å². The third kappa shape index (κ3) is 5.60. The van der Waals surface area contributed by atoms with Gasteiger partial charge in [0.05, 0.1) is 0 Å². The van der Waals surface area contributed by atoms with Gasteiger partial charge in [-0.25, -0.2) is 0 Å². The number of fused-ring (bicyclic) bond motifs is 1. The minimum atomic E-state index is -4.19. The molecule has 0 spiro atoms. The second-order valence-corrected chi connectivity index (χ2v) is 7.90. The standard InChI is InChI=1S/C20H28O3S/c1-2-3-4-5-6-7-8-9-11-17-14-15-18-12-10-13-20(19(18)16-17)24(21,22)23/h10,12-16H,2-9,11H2,1H3,(H,21,22,23). The molecule has 3 nitrogen and oxygen atoms in total. The molecule has 0 aliphatic carbocycles. The fourth-order valence-corrected chi connectivity index (χ4v) is 3.84. The molecule has 0 heterocycles. The van der Waals surface area contributed by atoms with Crippen molar-refractivity contribution in [3.63, 3.8) is 0 Å². The summed E-state index contributed by atoms with van der Waals surface area (Å²) in [5, 5.41) is 1.45. The van der Waals surface area contributed by atoms with Crippen LogP contribution in [0.2, 0.25) is 0 Å². The molecule has 132 valence electrons. The van der Waals surface area contributed by atoms with Crippen LogP contribution in [0.1, 0.15) is 63.9 Å². The molecule has 0 fully saturated rings. The van der Waals surface area contributed by atoms with Gasteiger partial charge in [0.15, 0.2) is 0 Å². The number of rotatable bonds is 10. The maximum Gasteiger partial charge on any atom is 0.295 e. The van der Waals surface area contributed by atoms with E-state index in [4.69, 9.17) is 0 Å². The predicted octanol–water partition coefficient (Wildman–Crippen LogP) is 5.77. The van der Waals surface area contributed by atoms with Crippen molar-refractivity contribution in [1.29, 1.82) is 0 Å². The first-order valence-corrected chi connectivity index (χ1v) is 10.5. The van der Waals surface area contributed by atoms with Crippen molar-refractivity contribution >= 4 is 20.9 Å². The Bertz CT molecular complexity index is 751. The summed E-state index contributed by atoms with van der Waals surface area (Å²) in [4.78, 5) is -0.00206. The monoisotopic (exact) mass is 348 g/mol. The summed E-state index contributed by atoms with van der Waals surface area (Å²) < 4.78 is 32.4. The third-order valence-electron chi connectivity index (χ3n) is 4.50. The van der Waals surface area contributed by atoms with Gasteiger partial charge in [-0.05, 0) is 35.9 Å². The van der Waals surface area contributed by atoms with Gasteiger partial charge >= 0.3 is 0 Å². The fourth-order valence-electron chi connectivity index (χ4n) is 3.13. The van der Waals surface area contributed by atoms with Crippen molar-refractivity contribution in [2.45, 2.75) is 69.6 Å². The lowest BCUT2D eigenvalue weighted by Gasteiger charge is -2.07. The summed E-state index contributed by atoms with van der Waals surface area (Å²) in [5.74, 6) is 0. The zero-order chi connectivity index (χ0) is 17.4. The first-order chi connectivity index (χ1) is 11.5. The highest BCUT2D eigenvalue weighted by Crippen LogP contribution is 2.25. The van der Waals surface area contributed by atoms with Gasteiger partial charge in [0.1, 0.15) is 4.90 Å². The van der Waals surface area contributed by atoms with E-state index in [9.17, 15) is 13.0 Å². The highest BCUT2D eigenvalue weighted by molar-refractivity contribution is 7.86. The lowest BCUT2D eigenvalue weighted by molar-refractivity contribution is 0.484. The van der Waals surface area contributed by atoms with Crippen LogP contribution in [0, 0.1) is 0 Å². The average Bonchev–Trinajstić information content (AvgIpc) is 2.55. The van der Waals surface area contributed by atoms with Crippen molar-refractivity contribution in [2.24, 2.45) is 0 Å². The molecule has 2 aromatic rings. The summed E-state index contributed by atoms with van der Waals surface area (Å²) in [6, 6.07) is 10.9. The summed E-state index contributed by atoms with van der Waals surface area (Å²) in [6.45, 7) is 2.23. The van der Waals surface area contributed by atoms with E-state index in [0.717, 1.165) is 23.8 Å². The SMILES string of the molecule is CCCCCCCCCCc1ccc2cccc(S(=O)(=O)O)c2c1. The summed E-state index contributed by atoms with van der Waals surface area (Å²) in [7, 11) is -4.19. The van der Waals surface area contributed by atoms with Crippen molar-refractivity contribution < 1.29 is 13.0 Å². The molecule has 0 saturated heterocycles. The first kappa shape index (κ1) is 18.9. The van der Waals surface area contributed by atoms with Crippen LogP contribution < -0.4 is 0 Å². The molecule has 0 aliphatic rings. The van der Waals surface area contributed by atoms with Gasteiger partial charge in [-0.1, -0.05) is 76.1 Å². The molecule has 0 aliphatic heterocycles. The number of unbranched alkanes of at least 4 members (excludes halogenated alkanes) is 7. The Kier molecular flexibility index (Phi) is 7.25.